The zero-order chi connectivity index (χ0) is 13.0. The average molecular weight is 242 g/mol. The van der Waals surface area contributed by atoms with Crippen LogP contribution >= 0.6 is 0 Å². The van der Waals surface area contributed by atoms with Crippen LogP contribution in [0.2, 0.25) is 0 Å². The van der Waals surface area contributed by atoms with Gasteiger partial charge in [0.05, 0.1) is 6.10 Å². The number of ether oxygens (including phenoxy) is 1. The van der Waals surface area contributed by atoms with Gasteiger partial charge in [-0.1, -0.05) is 37.3 Å². The molecule has 0 fully saturated rings. The van der Waals surface area contributed by atoms with E-state index in [0.29, 0.717) is 5.75 Å². The molecule has 94 valence electrons. The topological polar surface area (TPSA) is 29.5 Å². The maximum absolute atomic E-state index is 9.68. The Morgan fingerprint density at radius 2 is 1.72 bits per heavy atom. The summed E-state index contributed by atoms with van der Waals surface area (Å²) in [6, 6.07) is 15.6. The van der Waals surface area contributed by atoms with Crippen molar-refractivity contribution in [3.63, 3.8) is 0 Å². The van der Waals surface area contributed by atoms with Crippen LogP contribution in [0.1, 0.15) is 31.1 Å². The van der Waals surface area contributed by atoms with Gasteiger partial charge in [0.2, 0.25) is 0 Å². The zero-order valence-electron chi connectivity index (χ0n) is 10.8. The molecule has 2 aromatic rings. The molecular weight excluding hydrogens is 224 g/mol. The number of hydrogen-bond donors (Lipinski definition) is 1. The van der Waals surface area contributed by atoms with Gasteiger partial charge in [-0.2, -0.15) is 0 Å². The minimum absolute atomic E-state index is 0.531. The first-order chi connectivity index (χ1) is 8.70. The molecule has 0 spiro atoms. The van der Waals surface area contributed by atoms with Gasteiger partial charge in [-0.05, 0) is 37.1 Å². The van der Waals surface area contributed by atoms with Crippen LogP contribution < -0.4 is 4.74 Å². The molecule has 0 radical (unpaired) electrons. The van der Waals surface area contributed by atoms with Crippen molar-refractivity contribution in [2.45, 2.75) is 26.4 Å². The fourth-order valence-corrected chi connectivity index (χ4v) is 1.84. The molecule has 18 heavy (non-hydrogen) atoms. The Labute approximate surface area is 108 Å². The Hall–Kier alpha value is -1.80. The molecule has 0 bridgehead atoms. The van der Waals surface area contributed by atoms with Gasteiger partial charge >= 0.3 is 0 Å². The highest BCUT2D eigenvalue weighted by molar-refractivity contribution is 5.39. The van der Waals surface area contributed by atoms with Gasteiger partial charge in [-0.3, -0.25) is 0 Å². The first kappa shape index (κ1) is 12.7. The first-order valence-electron chi connectivity index (χ1n) is 6.24. The average Bonchev–Trinajstić information content (AvgIpc) is 2.40. The Morgan fingerprint density at radius 3 is 2.33 bits per heavy atom. The summed E-state index contributed by atoms with van der Waals surface area (Å²) in [7, 11) is 0. The SMILES string of the molecule is CCc1ccc(Oc2ccccc2[C@@H](C)O)cc1. The van der Waals surface area contributed by atoms with Gasteiger partial charge in [0.1, 0.15) is 11.5 Å². The normalized spacial score (nSPS) is 12.2. The van der Waals surface area contributed by atoms with Gasteiger partial charge in [-0.15, -0.1) is 0 Å². The quantitative estimate of drug-likeness (QED) is 0.874. The number of para-hydroxylation sites is 1. The second-order valence-electron chi connectivity index (χ2n) is 4.31. The van der Waals surface area contributed by atoms with Crippen LogP contribution in [0, 0.1) is 0 Å². The van der Waals surface area contributed by atoms with Crippen molar-refractivity contribution < 1.29 is 9.84 Å². The van der Waals surface area contributed by atoms with E-state index in [1.54, 1.807) is 6.92 Å². The van der Waals surface area contributed by atoms with Gasteiger partial charge < -0.3 is 9.84 Å². The molecule has 0 aromatic heterocycles. The summed E-state index contributed by atoms with van der Waals surface area (Å²) in [6.45, 7) is 3.86. The van der Waals surface area contributed by atoms with Crippen molar-refractivity contribution in [1.29, 1.82) is 0 Å². The predicted octanol–water partition coefficient (Wildman–Crippen LogP) is 4.09. The van der Waals surface area contributed by atoms with E-state index in [9.17, 15) is 5.11 Å². The van der Waals surface area contributed by atoms with E-state index in [2.05, 4.69) is 19.1 Å². The third-order valence-corrected chi connectivity index (χ3v) is 2.93. The second-order valence-corrected chi connectivity index (χ2v) is 4.31. The van der Waals surface area contributed by atoms with Crippen LogP contribution in [0.4, 0.5) is 0 Å². The van der Waals surface area contributed by atoms with E-state index < -0.39 is 6.10 Å². The highest BCUT2D eigenvalue weighted by Gasteiger charge is 2.08. The van der Waals surface area contributed by atoms with Crippen LogP contribution in [-0.2, 0) is 6.42 Å². The van der Waals surface area contributed by atoms with Gasteiger partial charge in [-0.25, -0.2) is 0 Å². The Kier molecular flexibility index (Phi) is 4.00. The molecule has 2 rings (SSSR count). The number of rotatable bonds is 4. The molecule has 2 aromatic carbocycles. The van der Waals surface area contributed by atoms with Crippen molar-refractivity contribution in [1.82, 2.24) is 0 Å². The smallest absolute Gasteiger partial charge is 0.133 e. The molecule has 0 unspecified atom stereocenters. The number of hydrogen-bond acceptors (Lipinski definition) is 2. The van der Waals surface area contributed by atoms with E-state index >= 15 is 0 Å². The molecule has 0 aliphatic heterocycles. The molecule has 0 aliphatic rings. The Morgan fingerprint density at radius 1 is 1.06 bits per heavy atom. The summed E-state index contributed by atoms with van der Waals surface area (Å²) < 4.78 is 5.81. The minimum atomic E-state index is -0.531. The summed E-state index contributed by atoms with van der Waals surface area (Å²) in [6.07, 6.45) is 0.487. The van der Waals surface area contributed by atoms with Gasteiger partial charge in [0, 0.05) is 5.56 Å². The highest BCUT2D eigenvalue weighted by atomic mass is 16.5. The van der Waals surface area contributed by atoms with Crippen LogP contribution in [-0.4, -0.2) is 5.11 Å². The maximum atomic E-state index is 9.68. The Bertz CT molecular complexity index is 501. The summed E-state index contributed by atoms with van der Waals surface area (Å²) in [5.41, 5.74) is 2.09. The van der Waals surface area contributed by atoms with Crippen LogP contribution in [0.3, 0.4) is 0 Å². The lowest BCUT2D eigenvalue weighted by atomic mass is 10.1. The monoisotopic (exact) mass is 242 g/mol. The van der Waals surface area contributed by atoms with Crippen LogP contribution in [0.15, 0.2) is 48.5 Å². The number of aryl methyl sites for hydroxylation is 1. The third kappa shape index (κ3) is 2.90. The molecule has 1 atom stereocenters. The Balaban J connectivity index is 2.22. The largest absolute Gasteiger partial charge is 0.457 e. The van der Waals surface area contributed by atoms with E-state index in [4.69, 9.17) is 4.74 Å². The summed E-state index contributed by atoms with van der Waals surface area (Å²) in [5, 5.41) is 9.68. The molecule has 0 amide bonds. The van der Waals surface area contributed by atoms with E-state index in [1.807, 2.05) is 36.4 Å². The summed E-state index contributed by atoms with van der Waals surface area (Å²) in [4.78, 5) is 0. The number of aliphatic hydroxyl groups is 1. The molecular formula is C16H18O2. The first-order valence-corrected chi connectivity index (χ1v) is 6.24. The van der Waals surface area contributed by atoms with Crippen molar-refractivity contribution in [3.8, 4) is 11.5 Å². The molecule has 0 aliphatic carbocycles. The van der Waals surface area contributed by atoms with Gasteiger partial charge in [0.25, 0.3) is 0 Å². The lowest BCUT2D eigenvalue weighted by Crippen LogP contribution is -1.95. The van der Waals surface area contributed by atoms with E-state index in [1.165, 1.54) is 5.56 Å². The third-order valence-electron chi connectivity index (χ3n) is 2.93. The molecule has 2 heteroatoms. The molecule has 2 nitrogen and oxygen atoms in total. The summed E-state index contributed by atoms with van der Waals surface area (Å²) in [5.74, 6) is 1.50. The van der Waals surface area contributed by atoms with Crippen molar-refractivity contribution in [3.05, 3.63) is 59.7 Å². The second kappa shape index (κ2) is 5.69. The zero-order valence-corrected chi connectivity index (χ0v) is 10.8. The van der Waals surface area contributed by atoms with Crippen molar-refractivity contribution in [2.75, 3.05) is 0 Å². The summed E-state index contributed by atoms with van der Waals surface area (Å²) >= 11 is 0. The van der Waals surface area contributed by atoms with Crippen molar-refractivity contribution >= 4 is 0 Å². The van der Waals surface area contributed by atoms with Crippen LogP contribution in [0.25, 0.3) is 0 Å². The molecule has 0 heterocycles. The van der Waals surface area contributed by atoms with Crippen LogP contribution in [0.5, 0.6) is 11.5 Å². The van der Waals surface area contributed by atoms with E-state index in [0.717, 1.165) is 17.7 Å². The highest BCUT2D eigenvalue weighted by Crippen LogP contribution is 2.29. The fraction of sp³-hybridized carbons (Fsp3) is 0.250. The lowest BCUT2D eigenvalue weighted by Gasteiger charge is -2.13. The predicted molar refractivity (Wildman–Crippen MR) is 73.0 cm³/mol. The number of benzene rings is 2. The molecule has 1 N–H and O–H groups in total. The minimum Gasteiger partial charge on any atom is -0.457 e. The fourth-order valence-electron chi connectivity index (χ4n) is 1.84. The lowest BCUT2D eigenvalue weighted by molar-refractivity contribution is 0.195. The molecule has 0 saturated heterocycles. The maximum Gasteiger partial charge on any atom is 0.133 e. The van der Waals surface area contributed by atoms with Crippen molar-refractivity contribution in [2.24, 2.45) is 0 Å². The standard InChI is InChI=1S/C16H18O2/c1-3-13-8-10-14(11-9-13)18-16-7-5-4-6-15(16)12(2)17/h4-12,17H,3H2,1-2H3/t12-/m1/s1. The van der Waals surface area contributed by atoms with Gasteiger partial charge in [0.15, 0.2) is 0 Å². The van der Waals surface area contributed by atoms with E-state index in [-0.39, 0.29) is 0 Å². The number of aliphatic hydroxyl groups excluding tert-OH is 1. The molecule has 0 saturated carbocycles.